The van der Waals surface area contributed by atoms with Crippen LogP contribution in [0, 0.1) is 0 Å². The lowest BCUT2D eigenvalue weighted by Gasteiger charge is -2.13. The molecule has 1 unspecified atom stereocenters. The molecule has 1 atom stereocenters. The number of carbonyl (C=O) groups is 1. The van der Waals surface area contributed by atoms with Crippen molar-refractivity contribution in [2.45, 2.75) is 24.3 Å². The van der Waals surface area contributed by atoms with Crippen LogP contribution in [-0.2, 0) is 14.8 Å². The number of benzene rings is 1. The summed E-state index contributed by atoms with van der Waals surface area (Å²) >= 11 is 0. The lowest BCUT2D eigenvalue weighted by Crippen LogP contribution is -2.27. The Morgan fingerprint density at radius 1 is 1.24 bits per heavy atom. The molecule has 0 aliphatic carbocycles. The first kappa shape index (κ1) is 17.1. The van der Waals surface area contributed by atoms with Crippen LogP contribution in [0.15, 0.2) is 58.7 Å². The van der Waals surface area contributed by atoms with Gasteiger partial charge in [0.15, 0.2) is 0 Å². The Hall–Kier alpha value is -2.74. The van der Waals surface area contributed by atoms with Crippen LogP contribution >= 0.6 is 0 Å². The molecule has 0 fully saturated rings. The summed E-state index contributed by atoms with van der Waals surface area (Å²) in [5.41, 5.74) is 1.50. The molecule has 1 aliphatic rings. The smallest absolute Gasteiger partial charge is 0.263 e. The number of amidine groups is 1. The molecular formula is C17H18N4O3S. The van der Waals surface area contributed by atoms with Gasteiger partial charge in [0.05, 0.1) is 17.5 Å². The summed E-state index contributed by atoms with van der Waals surface area (Å²) in [6.07, 6.45) is 3.52. The first-order chi connectivity index (χ1) is 12.0. The van der Waals surface area contributed by atoms with Gasteiger partial charge in [-0.15, -0.1) is 0 Å². The molecule has 1 aromatic heterocycles. The molecular weight excluding hydrogens is 340 g/mol. The van der Waals surface area contributed by atoms with Crippen LogP contribution < -0.4 is 10.0 Å². The van der Waals surface area contributed by atoms with E-state index in [1.165, 1.54) is 6.07 Å². The second-order valence-electron chi connectivity index (χ2n) is 5.65. The number of pyridine rings is 1. The zero-order chi connectivity index (χ0) is 17.9. The zero-order valence-electron chi connectivity index (χ0n) is 13.6. The number of amides is 1. The minimum Gasteiger partial charge on any atom is -0.350 e. The van der Waals surface area contributed by atoms with Gasteiger partial charge in [-0.25, -0.2) is 8.42 Å². The highest BCUT2D eigenvalue weighted by molar-refractivity contribution is 7.90. The fourth-order valence-corrected chi connectivity index (χ4v) is 3.82. The lowest BCUT2D eigenvalue weighted by atomic mass is 10.1. The van der Waals surface area contributed by atoms with E-state index in [1.54, 1.807) is 30.6 Å². The summed E-state index contributed by atoms with van der Waals surface area (Å²) in [6, 6.07) is 10.2. The average molecular weight is 358 g/mol. The number of carbonyl (C=O) groups excluding carboxylic acids is 1. The molecule has 0 saturated heterocycles. The van der Waals surface area contributed by atoms with Crippen LogP contribution in [0.1, 0.15) is 30.5 Å². The molecule has 7 nitrogen and oxygen atoms in total. The first-order valence-electron chi connectivity index (χ1n) is 7.83. The number of aliphatic imine (C=N–C) groups is 1. The molecule has 3 rings (SSSR count). The second-order valence-corrected chi connectivity index (χ2v) is 7.30. The van der Waals surface area contributed by atoms with Crippen LogP contribution in [0.2, 0.25) is 0 Å². The molecule has 0 spiro atoms. The molecule has 2 N–H and O–H groups in total. The summed E-state index contributed by atoms with van der Waals surface area (Å²) in [4.78, 5) is 20.4. The second kappa shape index (κ2) is 7.02. The van der Waals surface area contributed by atoms with E-state index in [0.717, 1.165) is 5.56 Å². The largest absolute Gasteiger partial charge is 0.350 e. The zero-order valence-corrected chi connectivity index (χ0v) is 14.5. The maximum absolute atomic E-state index is 12.0. The summed E-state index contributed by atoms with van der Waals surface area (Å²) < 4.78 is 26.4. The van der Waals surface area contributed by atoms with Crippen molar-refractivity contribution in [3.05, 3.63) is 59.9 Å². The molecule has 1 aliphatic heterocycles. The average Bonchev–Trinajstić information content (AvgIpc) is 2.87. The van der Waals surface area contributed by atoms with Gasteiger partial charge in [-0.2, -0.15) is 0 Å². The highest BCUT2D eigenvalue weighted by Gasteiger charge is 2.29. The van der Waals surface area contributed by atoms with Crippen LogP contribution in [0.5, 0.6) is 0 Å². The summed E-state index contributed by atoms with van der Waals surface area (Å²) in [5.74, 6) is 0.133. The Morgan fingerprint density at radius 2 is 1.96 bits per heavy atom. The van der Waals surface area contributed by atoms with E-state index in [0.29, 0.717) is 5.56 Å². The van der Waals surface area contributed by atoms with Gasteiger partial charge in [0.25, 0.3) is 10.0 Å². The molecule has 8 heteroatoms. The van der Waals surface area contributed by atoms with Crippen molar-refractivity contribution in [3.63, 3.8) is 0 Å². The number of rotatable bonds is 5. The molecule has 0 radical (unpaired) electrons. The molecule has 130 valence electrons. The number of sulfonamides is 1. The summed E-state index contributed by atoms with van der Waals surface area (Å²) in [6.45, 7) is 2.08. The van der Waals surface area contributed by atoms with Crippen LogP contribution in [0.25, 0.3) is 0 Å². The van der Waals surface area contributed by atoms with E-state index in [2.05, 4.69) is 20.0 Å². The minimum atomic E-state index is -3.55. The third kappa shape index (κ3) is 3.85. The van der Waals surface area contributed by atoms with Gasteiger partial charge in [0, 0.05) is 24.4 Å². The predicted molar refractivity (Wildman–Crippen MR) is 93.6 cm³/mol. The standard InChI is InChI=1S/C17H18N4O3S/c1-12(13-6-9-18-10-7-13)20-16(22)8-11-19-17-14-4-2-3-5-15(14)25(23,24)21-17/h2-7,9-10,12H,8,11H2,1H3,(H,19,21)(H,20,22). The van der Waals surface area contributed by atoms with E-state index in [4.69, 9.17) is 0 Å². The highest BCUT2D eigenvalue weighted by Crippen LogP contribution is 2.22. The van der Waals surface area contributed by atoms with Gasteiger partial charge in [0.2, 0.25) is 5.91 Å². The van der Waals surface area contributed by atoms with E-state index >= 15 is 0 Å². The van der Waals surface area contributed by atoms with Gasteiger partial charge in [-0.1, -0.05) is 12.1 Å². The fraction of sp³-hybridized carbons (Fsp3) is 0.235. The maximum atomic E-state index is 12.0. The summed E-state index contributed by atoms with van der Waals surface area (Å²) in [7, 11) is -3.55. The Kier molecular flexibility index (Phi) is 4.80. The van der Waals surface area contributed by atoms with Crippen molar-refractivity contribution in [2.75, 3.05) is 6.54 Å². The Bertz CT molecular complexity index is 911. The molecule has 0 saturated carbocycles. The molecule has 1 aromatic carbocycles. The van der Waals surface area contributed by atoms with Gasteiger partial charge < -0.3 is 5.32 Å². The number of aromatic nitrogens is 1. The van der Waals surface area contributed by atoms with E-state index < -0.39 is 10.0 Å². The molecule has 0 bridgehead atoms. The normalized spacial score (nSPS) is 17.6. The molecule has 25 heavy (non-hydrogen) atoms. The number of fused-ring (bicyclic) bond motifs is 1. The highest BCUT2D eigenvalue weighted by atomic mass is 32.2. The number of hydrogen-bond acceptors (Lipinski definition) is 5. The Balaban J connectivity index is 1.60. The van der Waals surface area contributed by atoms with E-state index in [1.807, 2.05) is 19.1 Å². The van der Waals surface area contributed by atoms with Crippen LogP contribution in [0.3, 0.4) is 0 Å². The Morgan fingerprint density at radius 3 is 2.72 bits per heavy atom. The number of nitrogens with one attached hydrogen (secondary N) is 2. The first-order valence-corrected chi connectivity index (χ1v) is 9.31. The van der Waals surface area contributed by atoms with Crippen molar-refractivity contribution in [3.8, 4) is 0 Å². The van der Waals surface area contributed by atoms with Crippen molar-refractivity contribution in [1.29, 1.82) is 0 Å². The third-order valence-corrected chi connectivity index (χ3v) is 5.25. The summed E-state index contributed by atoms with van der Waals surface area (Å²) in [5, 5.41) is 2.88. The quantitative estimate of drug-likeness (QED) is 0.843. The fourth-order valence-electron chi connectivity index (χ4n) is 2.57. The Labute approximate surface area is 146 Å². The van der Waals surface area contributed by atoms with Crippen LogP contribution in [0.4, 0.5) is 0 Å². The van der Waals surface area contributed by atoms with Gasteiger partial charge in [-0.3, -0.25) is 19.5 Å². The van der Waals surface area contributed by atoms with Crippen molar-refractivity contribution in [1.82, 2.24) is 15.0 Å². The number of hydrogen-bond donors (Lipinski definition) is 2. The molecule has 1 amide bonds. The van der Waals surface area contributed by atoms with Crippen LogP contribution in [-0.4, -0.2) is 31.7 Å². The minimum absolute atomic E-state index is 0.131. The van der Waals surface area contributed by atoms with Gasteiger partial charge in [0.1, 0.15) is 5.84 Å². The molecule has 2 heterocycles. The van der Waals surface area contributed by atoms with E-state index in [-0.39, 0.29) is 35.6 Å². The van der Waals surface area contributed by atoms with Crippen molar-refractivity contribution in [2.24, 2.45) is 4.99 Å². The SMILES string of the molecule is CC(NC(=O)CCN=C1NS(=O)(=O)c2ccccc21)c1ccncc1. The molecule has 2 aromatic rings. The lowest BCUT2D eigenvalue weighted by molar-refractivity contribution is -0.121. The van der Waals surface area contributed by atoms with Gasteiger partial charge >= 0.3 is 0 Å². The van der Waals surface area contributed by atoms with Crippen molar-refractivity contribution >= 4 is 21.8 Å². The van der Waals surface area contributed by atoms with Crippen molar-refractivity contribution < 1.29 is 13.2 Å². The topological polar surface area (TPSA) is 101 Å². The van der Waals surface area contributed by atoms with E-state index in [9.17, 15) is 13.2 Å². The maximum Gasteiger partial charge on any atom is 0.263 e. The third-order valence-electron chi connectivity index (χ3n) is 3.86. The monoisotopic (exact) mass is 358 g/mol. The predicted octanol–water partition coefficient (Wildman–Crippen LogP) is 1.39. The van der Waals surface area contributed by atoms with Gasteiger partial charge in [-0.05, 0) is 36.8 Å². The number of nitrogens with zero attached hydrogens (tertiary/aromatic N) is 2.